The highest BCUT2D eigenvalue weighted by Gasteiger charge is 2.46. The van der Waals surface area contributed by atoms with Crippen molar-refractivity contribution >= 4 is 35.0 Å². The molecule has 1 amide bonds. The van der Waals surface area contributed by atoms with Gasteiger partial charge in [0.2, 0.25) is 0 Å². The monoisotopic (exact) mass is 530 g/mol. The summed E-state index contributed by atoms with van der Waals surface area (Å²) < 4.78 is 15.9. The molecular weight excluding hydrogens is 500 g/mol. The lowest BCUT2D eigenvalue weighted by atomic mass is 9.94. The third kappa shape index (κ3) is 5.89. The summed E-state index contributed by atoms with van der Waals surface area (Å²) in [6.07, 6.45) is 0. The number of aliphatic hydroxyl groups is 1. The Hall–Kier alpha value is -3.56. The lowest BCUT2D eigenvalue weighted by molar-refractivity contribution is -0.140. The van der Waals surface area contributed by atoms with Crippen molar-refractivity contribution in [2.75, 3.05) is 40.4 Å². The second-order valence-electron chi connectivity index (χ2n) is 8.37. The molecule has 0 aliphatic carbocycles. The molecule has 1 unspecified atom stereocenters. The summed E-state index contributed by atoms with van der Waals surface area (Å²) in [4.78, 5) is 41.7. The number of likely N-dealkylation sites (N-methyl/N-ethyl adjacent to an activating group) is 1. The first kappa shape index (κ1) is 28.0. The van der Waals surface area contributed by atoms with E-state index < -0.39 is 29.5 Å². The van der Waals surface area contributed by atoms with Crippen LogP contribution < -0.4 is 14.2 Å². The number of aliphatic hydroxyl groups excluding tert-OH is 1. The summed E-state index contributed by atoms with van der Waals surface area (Å²) in [5.41, 5.74) is 0.526. The lowest BCUT2D eigenvalue weighted by Gasteiger charge is -2.28. The molecule has 2 aromatic carbocycles. The van der Waals surface area contributed by atoms with E-state index in [2.05, 4.69) is 4.90 Å². The number of halogens is 1. The van der Waals surface area contributed by atoms with Crippen molar-refractivity contribution in [2.24, 2.45) is 0 Å². The standard InChI is InChI=1S/C27H31ClN2O7/c1-6-29(7-2)11-12-30-24(17-9-8-10-18(13-17)37-16(3)31)23(26(33)27(30)34)25(32)19-14-22(36-5)20(28)15-21(19)35-4/h8-10,13-15,24,32H,6-7,11-12H2,1-5H3/b25-23+. The van der Waals surface area contributed by atoms with Gasteiger partial charge in [-0.1, -0.05) is 37.6 Å². The van der Waals surface area contributed by atoms with Crippen molar-refractivity contribution in [3.63, 3.8) is 0 Å². The van der Waals surface area contributed by atoms with Gasteiger partial charge >= 0.3 is 5.97 Å². The van der Waals surface area contributed by atoms with Crippen LogP contribution in [0.5, 0.6) is 17.2 Å². The van der Waals surface area contributed by atoms with E-state index in [1.807, 2.05) is 13.8 Å². The van der Waals surface area contributed by atoms with E-state index in [0.29, 0.717) is 12.1 Å². The maximum absolute atomic E-state index is 13.4. The first-order chi connectivity index (χ1) is 17.7. The van der Waals surface area contributed by atoms with Gasteiger partial charge in [0.05, 0.1) is 36.4 Å². The zero-order chi connectivity index (χ0) is 27.3. The van der Waals surface area contributed by atoms with Gasteiger partial charge in [-0.25, -0.2) is 0 Å². The van der Waals surface area contributed by atoms with Crippen molar-refractivity contribution in [1.29, 1.82) is 0 Å². The van der Waals surface area contributed by atoms with Crippen molar-refractivity contribution in [3.8, 4) is 17.2 Å². The highest BCUT2D eigenvalue weighted by atomic mass is 35.5. The molecule has 0 saturated carbocycles. The number of rotatable bonds is 10. The van der Waals surface area contributed by atoms with Crippen LogP contribution in [-0.2, 0) is 14.4 Å². The number of methoxy groups -OCH3 is 2. The Morgan fingerprint density at radius 2 is 1.76 bits per heavy atom. The Morgan fingerprint density at radius 3 is 2.35 bits per heavy atom. The zero-order valence-electron chi connectivity index (χ0n) is 21.5. The molecule has 1 N–H and O–H groups in total. The van der Waals surface area contributed by atoms with E-state index >= 15 is 0 Å². The van der Waals surface area contributed by atoms with E-state index in [1.54, 1.807) is 24.3 Å². The lowest BCUT2D eigenvalue weighted by Crippen LogP contribution is -2.38. The molecular formula is C27H31ClN2O7. The number of carbonyl (C=O) groups excluding carboxylic acids is 3. The number of esters is 1. The number of nitrogens with zero attached hydrogens (tertiary/aromatic N) is 2. The average molecular weight is 531 g/mol. The molecule has 0 spiro atoms. The first-order valence-corrected chi connectivity index (χ1v) is 12.3. The molecule has 1 aliphatic heterocycles. The number of carbonyl (C=O) groups is 3. The molecule has 37 heavy (non-hydrogen) atoms. The van der Waals surface area contributed by atoms with Gasteiger partial charge in [-0.05, 0) is 36.9 Å². The van der Waals surface area contributed by atoms with E-state index in [0.717, 1.165) is 13.1 Å². The Labute approximate surface area is 221 Å². The molecule has 1 saturated heterocycles. The summed E-state index contributed by atoms with van der Waals surface area (Å²) in [6, 6.07) is 8.52. The number of hydrogen-bond acceptors (Lipinski definition) is 8. The van der Waals surface area contributed by atoms with Crippen LogP contribution in [-0.4, -0.2) is 73.0 Å². The van der Waals surface area contributed by atoms with Gasteiger partial charge < -0.3 is 29.1 Å². The minimum Gasteiger partial charge on any atom is -0.507 e. The Kier molecular flexibility index (Phi) is 9.18. The second kappa shape index (κ2) is 12.1. The van der Waals surface area contributed by atoms with Crippen LogP contribution in [0.1, 0.15) is 37.9 Å². The summed E-state index contributed by atoms with van der Waals surface area (Å²) in [5, 5.41) is 11.7. The van der Waals surface area contributed by atoms with Gasteiger partial charge in [0.1, 0.15) is 23.0 Å². The number of ether oxygens (including phenoxy) is 3. The Morgan fingerprint density at radius 1 is 1.08 bits per heavy atom. The number of benzene rings is 2. The summed E-state index contributed by atoms with van der Waals surface area (Å²) in [6.45, 7) is 7.62. The molecule has 1 atom stereocenters. The van der Waals surface area contributed by atoms with Gasteiger partial charge in [-0.15, -0.1) is 0 Å². The van der Waals surface area contributed by atoms with Gasteiger partial charge in [-0.2, -0.15) is 0 Å². The van der Waals surface area contributed by atoms with Crippen LogP contribution in [0.15, 0.2) is 42.0 Å². The van der Waals surface area contributed by atoms with Crippen LogP contribution >= 0.6 is 11.6 Å². The minimum atomic E-state index is -0.933. The summed E-state index contributed by atoms with van der Waals surface area (Å²) in [7, 11) is 2.82. The Bertz CT molecular complexity index is 1220. The van der Waals surface area contributed by atoms with Crippen LogP contribution in [0, 0.1) is 0 Å². The maximum Gasteiger partial charge on any atom is 0.308 e. The molecule has 3 rings (SSSR count). The van der Waals surface area contributed by atoms with Crippen LogP contribution in [0.2, 0.25) is 5.02 Å². The largest absolute Gasteiger partial charge is 0.507 e. The highest BCUT2D eigenvalue weighted by molar-refractivity contribution is 6.46. The molecule has 9 nitrogen and oxygen atoms in total. The predicted octanol–water partition coefficient (Wildman–Crippen LogP) is 4.05. The number of ketones is 1. The van der Waals surface area contributed by atoms with Gasteiger partial charge in [0, 0.05) is 26.1 Å². The quantitative estimate of drug-likeness (QED) is 0.161. The average Bonchev–Trinajstić information content (AvgIpc) is 3.13. The normalized spacial score (nSPS) is 16.8. The molecule has 0 aromatic heterocycles. The van der Waals surface area contributed by atoms with Crippen LogP contribution in [0.4, 0.5) is 0 Å². The molecule has 2 aromatic rings. The van der Waals surface area contributed by atoms with Crippen molar-refractivity contribution in [1.82, 2.24) is 9.80 Å². The SMILES string of the molecule is CCN(CC)CCN1C(=O)C(=O)/C(=C(/O)c2cc(OC)c(Cl)cc2OC)C1c1cccc(OC(C)=O)c1. The fraction of sp³-hybridized carbons (Fsp3) is 0.370. The number of Topliss-reactive ketones (excluding diaryl/α,β-unsaturated/α-hetero) is 1. The van der Waals surface area contributed by atoms with E-state index in [4.69, 9.17) is 25.8 Å². The van der Waals surface area contributed by atoms with Crippen molar-refractivity contribution in [2.45, 2.75) is 26.8 Å². The smallest absolute Gasteiger partial charge is 0.308 e. The molecule has 0 bridgehead atoms. The zero-order valence-corrected chi connectivity index (χ0v) is 22.3. The summed E-state index contributed by atoms with van der Waals surface area (Å²) >= 11 is 6.22. The van der Waals surface area contributed by atoms with Gasteiger partial charge in [0.15, 0.2) is 0 Å². The third-order valence-corrected chi connectivity index (χ3v) is 6.55. The van der Waals surface area contributed by atoms with Gasteiger partial charge in [0.25, 0.3) is 11.7 Å². The van der Waals surface area contributed by atoms with E-state index in [9.17, 15) is 19.5 Å². The first-order valence-electron chi connectivity index (χ1n) is 11.9. The minimum absolute atomic E-state index is 0.118. The number of amides is 1. The molecule has 1 heterocycles. The van der Waals surface area contributed by atoms with E-state index in [-0.39, 0.29) is 40.0 Å². The topological polar surface area (TPSA) is 106 Å². The van der Waals surface area contributed by atoms with Crippen LogP contribution in [0.25, 0.3) is 5.76 Å². The fourth-order valence-corrected chi connectivity index (χ4v) is 4.58. The highest BCUT2D eigenvalue weighted by Crippen LogP contribution is 2.43. The molecule has 10 heteroatoms. The van der Waals surface area contributed by atoms with Crippen LogP contribution in [0.3, 0.4) is 0 Å². The maximum atomic E-state index is 13.4. The number of hydrogen-bond donors (Lipinski definition) is 1. The number of likely N-dealkylation sites (tertiary alicyclic amines) is 1. The molecule has 198 valence electrons. The third-order valence-electron chi connectivity index (χ3n) is 6.26. The van der Waals surface area contributed by atoms with Gasteiger partial charge in [-0.3, -0.25) is 14.4 Å². The van der Waals surface area contributed by atoms with Crippen molar-refractivity contribution < 1.29 is 33.7 Å². The molecule has 0 radical (unpaired) electrons. The Balaban J connectivity index is 2.22. The summed E-state index contributed by atoms with van der Waals surface area (Å²) in [5.74, 6) is -1.81. The fourth-order valence-electron chi connectivity index (χ4n) is 4.35. The molecule has 1 aliphatic rings. The van der Waals surface area contributed by atoms with Crippen molar-refractivity contribution in [3.05, 3.63) is 58.1 Å². The second-order valence-corrected chi connectivity index (χ2v) is 8.78. The molecule has 1 fully saturated rings. The predicted molar refractivity (Wildman–Crippen MR) is 139 cm³/mol. The van der Waals surface area contributed by atoms with E-state index in [1.165, 1.54) is 38.2 Å².